The second-order valence-corrected chi connectivity index (χ2v) is 8.78. The van der Waals surface area contributed by atoms with Gasteiger partial charge in [-0.2, -0.15) is 4.72 Å². The van der Waals surface area contributed by atoms with Gasteiger partial charge in [-0.3, -0.25) is 9.59 Å². The minimum atomic E-state index is -3.87. The van der Waals surface area contributed by atoms with E-state index in [9.17, 15) is 18.0 Å². The second-order valence-electron chi connectivity index (χ2n) is 6.09. The molecule has 0 spiro atoms. The molecule has 2 rings (SSSR count). The van der Waals surface area contributed by atoms with E-state index in [-0.39, 0.29) is 10.8 Å². The van der Waals surface area contributed by atoms with Crippen LogP contribution in [0.4, 0.5) is 0 Å². The van der Waals surface area contributed by atoms with Gasteiger partial charge in [0, 0.05) is 18.1 Å². The molecule has 150 valence electrons. The molecule has 1 amide bonds. The smallest absolute Gasteiger partial charge is 0.321 e. The average Bonchev–Trinajstić information content (AvgIpc) is 2.66. The first-order valence-electron chi connectivity index (χ1n) is 8.42. The van der Waals surface area contributed by atoms with Crippen molar-refractivity contribution in [2.45, 2.75) is 24.5 Å². The molecule has 1 atom stereocenters. The van der Waals surface area contributed by atoms with E-state index in [4.69, 9.17) is 4.74 Å². The number of halogens is 1. The summed E-state index contributed by atoms with van der Waals surface area (Å²) in [5, 5.41) is 0. The van der Waals surface area contributed by atoms with Crippen LogP contribution in [0, 0.1) is 0 Å². The van der Waals surface area contributed by atoms with Gasteiger partial charge < -0.3 is 9.64 Å². The number of carbonyl (C=O) groups is 2. The lowest BCUT2D eigenvalue weighted by Gasteiger charge is -2.21. The zero-order chi connectivity index (χ0) is 20.7. The average molecular weight is 469 g/mol. The number of rotatable bonds is 8. The van der Waals surface area contributed by atoms with Crippen LogP contribution in [0.25, 0.3) is 0 Å². The molecule has 0 heterocycles. The zero-order valence-corrected chi connectivity index (χ0v) is 17.9. The van der Waals surface area contributed by atoms with E-state index in [1.807, 2.05) is 30.3 Å². The van der Waals surface area contributed by atoms with Gasteiger partial charge in [-0.05, 0) is 30.7 Å². The summed E-state index contributed by atoms with van der Waals surface area (Å²) in [6, 6.07) is 15.5. The number of hydrogen-bond donors (Lipinski definition) is 1. The summed E-state index contributed by atoms with van der Waals surface area (Å²) in [5.41, 5.74) is 0.943. The van der Waals surface area contributed by atoms with Crippen LogP contribution in [-0.2, 0) is 30.9 Å². The Balaban J connectivity index is 1.87. The Morgan fingerprint density at radius 3 is 2.46 bits per heavy atom. The number of nitrogens with one attached hydrogen (secondary N) is 1. The third kappa shape index (κ3) is 6.43. The standard InChI is InChI=1S/C19H21BrN2O5S/c1-14(19(24)22(2)13-15-7-4-3-5-8-15)27-18(23)12-21-28(25,26)17-10-6-9-16(20)11-17/h3-11,14,21H,12-13H2,1-2H3. The van der Waals surface area contributed by atoms with E-state index >= 15 is 0 Å². The molecule has 9 heteroatoms. The number of benzene rings is 2. The van der Waals surface area contributed by atoms with Crippen molar-refractivity contribution in [2.75, 3.05) is 13.6 Å². The first-order valence-corrected chi connectivity index (χ1v) is 10.7. The fourth-order valence-electron chi connectivity index (χ4n) is 2.41. The molecule has 0 fully saturated rings. The van der Waals surface area contributed by atoms with Crippen molar-refractivity contribution in [3.05, 3.63) is 64.6 Å². The highest BCUT2D eigenvalue weighted by atomic mass is 79.9. The Labute approximate surface area is 172 Å². The molecule has 2 aromatic carbocycles. The van der Waals surface area contributed by atoms with Crippen LogP contribution in [0.1, 0.15) is 12.5 Å². The van der Waals surface area contributed by atoms with E-state index in [1.165, 1.54) is 24.0 Å². The van der Waals surface area contributed by atoms with Gasteiger partial charge >= 0.3 is 5.97 Å². The summed E-state index contributed by atoms with van der Waals surface area (Å²) in [4.78, 5) is 25.8. The van der Waals surface area contributed by atoms with Crippen molar-refractivity contribution in [1.29, 1.82) is 0 Å². The van der Waals surface area contributed by atoms with Crippen LogP contribution in [0.15, 0.2) is 64.0 Å². The maximum Gasteiger partial charge on any atom is 0.321 e. The summed E-state index contributed by atoms with van der Waals surface area (Å²) in [6.07, 6.45) is -1.03. The number of sulfonamides is 1. The SMILES string of the molecule is CC(OC(=O)CNS(=O)(=O)c1cccc(Br)c1)C(=O)N(C)Cc1ccccc1. The maximum absolute atomic E-state index is 12.3. The molecule has 1 N–H and O–H groups in total. The molecule has 28 heavy (non-hydrogen) atoms. The molecule has 0 aromatic heterocycles. The number of nitrogens with zero attached hydrogens (tertiary/aromatic N) is 1. The number of hydrogen-bond acceptors (Lipinski definition) is 5. The Hall–Kier alpha value is -2.23. The highest BCUT2D eigenvalue weighted by Gasteiger charge is 2.23. The van der Waals surface area contributed by atoms with E-state index in [0.29, 0.717) is 11.0 Å². The molecule has 1 unspecified atom stereocenters. The molecular formula is C19H21BrN2O5S. The largest absolute Gasteiger partial charge is 0.452 e. The van der Waals surface area contributed by atoms with Crippen molar-refractivity contribution >= 4 is 37.8 Å². The normalized spacial score (nSPS) is 12.2. The van der Waals surface area contributed by atoms with Gasteiger partial charge in [-0.1, -0.05) is 52.3 Å². The van der Waals surface area contributed by atoms with Crippen molar-refractivity contribution in [3.63, 3.8) is 0 Å². The van der Waals surface area contributed by atoms with Crippen LogP contribution in [0.2, 0.25) is 0 Å². The highest BCUT2D eigenvalue weighted by Crippen LogP contribution is 2.15. The third-order valence-electron chi connectivity index (χ3n) is 3.81. The molecule has 0 aliphatic heterocycles. The molecule has 0 aliphatic carbocycles. The minimum absolute atomic E-state index is 0.0152. The monoisotopic (exact) mass is 468 g/mol. The summed E-state index contributed by atoms with van der Waals surface area (Å²) in [6.45, 7) is 1.25. The number of likely N-dealkylation sites (N-methyl/N-ethyl adjacent to an activating group) is 1. The van der Waals surface area contributed by atoms with E-state index in [0.717, 1.165) is 5.56 Å². The number of carbonyl (C=O) groups excluding carboxylic acids is 2. The lowest BCUT2D eigenvalue weighted by molar-refractivity contribution is -0.157. The predicted octanol–water partition coefficient (Wildman–Crippen LogP) is 2.32. The van der Waals surface area contributed by atoms with Crippen LogP contribution in [0.3, 0.4) is 0 Å². The number of ether oxygens (including phenoxy) is 1. The second kappa shape index (κ2) is 9.81. The van der Waals surface area contributed by atoms with Gasteiger partial charge in [0.05, 0.1) is 4.90 Å². The van der Waals surface area contributed by atoms with Crippen molar-refractivity contribution in [3.8, 4) is 0 Å². The lowest BCUT2D eigenvalue weighted by atomic mass is 10.2. The summed E-state index contributed by atoms with van der Waals surface area (Å²) >= 11 is 3.19. The van der Waals surface area contributed by atoms with Gasteiger partial charge in [-0.15, -0.1) is 0 Å². The van der Waals surface area contributed by atoms with Crippen molar-refractivity contribution < 1.29 is 22.7 Å². The lowest BCUT2D eigenvalue weighted by Crippen LogP contribution is -2.39. The fraction of sp³-hybridized carbons (Fsp3) is 0.263. The predicted molar refractivity (Wildman–Crippen MR) is 108 cm³/mol. The first kappa shape index (κ1) is 22.1. The molecule has 0 saturated carbocycles. The van der Waals surface area contributed by atoms with Gasteiger partial charge in [-0.25, -0.2) is 8.42 Å². The van der Waals surface area contributed by atoms with E-state index in [2.05, 4.69) is 20.7 Å². The molecule has 0 radical (unpaired) electrons. The van der Waals surface area contributed by atoms with Gasteiger partial charge in [0.2, 0.25) is 10.0 Å². The number of amides is 1. The van der Waals surface area contributed by atoms with Crippen molar-refractivity contribution in [2.24, 2.45) is 0 Å². The Morgan fingerprint density at radius 2 is 1.82 bits per heavy atom. The van der Waals surface area contributed by atoms with Gasteiger partial charge in [0.1, 0.15) is 6.54 Å². The minimum Gasteiger partial charge on any atom is -0.452 e. The zero-order valence-electron chi connectivity index (χ0n) is 15.5. The molecule has 0 aliphatic rings. The van der Waals surface area contributed by atoms with Gasteiger partial charge in [0.25, 0.3) is 5.91 Å². The third-order valence-corrected chi connectivity index (χ3v) is 5.70. The summed E-state index contributed by atoms with van der Waals surface area (Å²) < 4.78 is 32.2. The van der Waals surface area contributed by atoms with E-state index < -0.39 is 28.6 Å². The highest BCUT2D eigenvalue weighted by molar-refractivity contribution is 9.10. The van der Waals surface area contributed by atoms with Gasteiger partial charge in [0.15, 0.2) is 6.10 Å². The molecule has 0 saturated heterocycles. The molecule has 7 nitrogen and oxygen atoms in total. The summed E-state index contributed by atoms with van der Waals surface area (Å²) in [5.74, 6) is -1.22. The molecular weight excluding hydrogens is 448 g/mol. The fourth-order valence-corrected chi connectivity index (χ4v) is 3.97. The quantitative estimate of drug-likeness (QED) is 0.600. The van der Waals surface area contributed by atoms with E-state index in [1.54, 1.807) is 19.2 Å². The Kier molecular flexibility index (Phi) is 7.73. The summed E-state index contributed by atoms with van der Waals surface area (Å²) in [7, 11) is -2.26. The van der Waals surface area contributed by atoms with Crippen LogP contribution >= 0.6 is 15.9 Å². The molecule has 0 bridgehead atoms. The van der Waals surface area contributed by atoms with Crippen LogP contribution in [0.5, 0.6) is 0 Å². The topological polar surface area (TPSA) is 92.8 Å². The number of esters is 1. The Morgan fingerprint density at radius 1 is 1.14 bits per heavy atom. The van der Waals surface area contributed by atoms with Crippen LogP contribution in [-0.4, -0.2) is 44.9 Å². The Bertz CT molecular complexity index is 934. The first-order chi connectivity index (χ1) is 13.2. The molecule has 2 aromatic rings. The maximum atomic E-state index is 12.3. The van der Waals surface area contributed by atoms with Crippen LogP contribution < -0.4 is 4.72 Å². The van der Waals surface area contributed by atoms with Crippen molar-refractivity contribution in [1.82, 2.24) is 9.62 Å².